The van der Waals surface area contributed by atoms with Crippen LogP contribution in [0, 0.1) is 5.82 Å². The van der Waals surface area contributed by atoms with Crippen LogP contribution < -0.4 is 20.3 Å². The Morgan fingerprint density at radius 2 is 1.67 bits per heavy atom. The molecule has 3 aliphatic rings. The number of hydrogen-bond donors (Lipinski definition) is 1. The lowest BCUT2D eigenvalue weighted by Crippen LogP contribution is -2.57. The number of anilines is 3. The number of nitrogens with two attached hydrogens (primary N) is 1. The summed E-state index contributed by atoms with van der Waals surface area (Å²) in [6.45, 7) is 10.7. The average Bonchev–Trinajstić information content (AvgIpc) is 3.30. The molecular formula is C34H44FN7O4. The Kier molecular flexibility index (Phi) is 9.19. The predicted molar refractivity (Wildman–Crippen MR) is 175 cm³/mol. The van der Waals surface area contributed by atoms with Crippen LogP contribution in [-0.4, -0.2) is 96.9 Å². The molecule has 2 unspecified atom stereocenters. The molecule has 2 bridgehead atoms. The van der Waals surface area contributed by atoms with Crippen molar-refractivity contribution in [2.24, 2.45) is 0 Å². The molecule has 0 spiro atoms. The summed E-state index contributed by atoms with van der Waals surface area (Å²) in [4.78, 5) is 21.3. The number of fused-ring (bicyclic) bond motifs is 2. The van der Waals surface area contributed by atoms with Crippen LogP contribution in [0.3, 0.4) is 0 Å². The number of nitrogens with zero attached hydrogens (tertiary/aromatic N) is 6. The van der Waals surface area contributed by atoms with Crippen LogP contribution in [0.4, 0.5) is 26.4 Å². The molecule has 246 valence electrons. The Hall–Kier alpha value is -4.16. The van der Waals surface area contributed by atoms with E-state index in [-0.39, 0.29) is 30.8 Å². The number of hydrogen-bond acceptors (Lipinski definition) is 10. The number of ether oxygens (including phenoxy) is 3. The fraction of sp³-hybridized carbons (Fsp3) is 0.500. The minimum atomic E-state index is -0.539. The number of rotatable bonds is 8. The van der Waals surface area contributed by atoms with E-state index in [1.54, 1.807) is 13.2 Å². The molecule has 2 aromatic carbocycles. The molecule has 4 heterocycles. The Morgan fingerprint density at radius 1 is 0.957 bits per heavy atom. The molecule has 3 aromatic rings. The van der Waals surface area contributed by atoms with Gasteiger partial charge in [0.1, 0.15) is 17.2 Å². The Morgan fingerprint density at radius 3 is 2.35 bits per heavy atom. The maximum atomic E-state index is 15.5. The van der Waals surface area contributed by atoms with Crippen molar-refractivity contribution in [3.8, 4) is 17.0 Å². The van der Waals surface area contributed by atoms with Crippen LogP contribution in [0.1, 0.15) is 39.2 Å². The number of piperazine rings is 2. The maximum absolute atomic E-state index is 15.5. The van der Waals surface area contributed by atoms with Crippen molar-refractivity contribution in [1.82, 2.24) is 20.0 Å². The van der Waals surface area contributed by atoms with Gasteiger partial charge in [-0.25, -0.2) is 9.18 Å². The molecule has 1 amide bonds. The van der Waals surface area contributed by atoms with Gasteiger partial charge in [-0.1, -0.05) is 18.2 Å². The van der Waals surface area contributed by atoms with Gasteiger partial charge in [-0.15, -0.1) is 10.2 Å². The number of carbonyl (C=O) groups excluding carboxylic acids is 1. The third-order valence-corrected chi connectivity index (χ3v) is 8.86. The first kappa shape index (κ1) is 31.8. The average molecular weight is 634 g/mol. The topological polar surface area (TPSA) is 110 Å². The Bertz CT molecular complexity index is 1530. The summed E-state index contributed by atoms with van der Waals surface area (Å²) in [6, 6.07) is 15.2. The SMILES string of the molecule is COCOc1ccccc1-c1cc(N2CCN(Cc3ccc(N4CC5CCC(C4)N5C(=O)OC(C)(C)C)c(F)c3)CC2)c(N)nn1. The van der Waals surface area contributed by atoms with Crippen LogP contribution >= 0.6 is 0 Å². The van der Waals surface area contributed by atoms with E-state index in [1.165, 1.54) is 0 Å². The van der Waals surface area contributed by atoms with Crippen LogP contribution in [0.15, 0.2) is 48.5 Å². The number of nitrogen functional groups attached to an aromatic ring is 1. The quantitative estimate of drug-likeness (QED) is 0.349. The van der Waals surface area contributed by atoms with Gasteiger partial charge in [0, 0.05) is 58.5 Å². The van der Waals surface area contributed by atoms with Crippen molar-refractivity contribution >= 4 is 23.3 Å². The predicted octanol–water partition coefficient (Wildman–Crippen LogP) is 4.76. The summed E-state index contributed by atoms with van der Waals surface area (Å²) < 4.78 is 32.0. The van der Waals surface area contributed by atoms with Gasteiger partial charge in [0.25, 0.3) is 0 Å². The Balaban J connectivity index is 1.06. The number of methoxy groups -OCH3 is 1. The smallest absolute Gasteiger partial charge is 0.410 e. The van der Waals surface area contributed by atoms with Gasteiger partial charge >= 0.3 is 6.09 Å². The zero-order valence-electron chi connectivity index (χ0n) is 27.1. The number of benzene rings is 2. The second kappa shape index (κ2) is 13.3. The summed E-state index contributed by atoms with van der Waals surface area (Å²) in [7, 11) is 1.58. The van der Waals surface area contributed by atoms with Crippen LogP contribution in [0.2, 0.25) is 0 Å². The molecule has 0 saturated carbocycles. The monoisotopic (exact) mass is 633 g/mol. The molecule has 2 atom stereocenters. The van der Waals surface area contributed by atoms with Crippen LogP contribution in [0.25, 0.3) is 11.3 Å². The first-order valence-electron chi connectivity index (χ1n) is 16.0. The normalized spacial score (nSPS) is 20.2. The molecule has 3 fully saturated rings. The van der Waals surface area contributed by atoms with Gasteiger partial charge in [0.15, 0.2) is 12.6 Å². The van der Waals surface area contributed by atoms with Gasteiger partial charge in [-0.2, -0.15) is 0 Å². The van der Waals surface area contributed by atoms with E-state index in [2.05, 4.69) is 24.9 Å². The summed E-state index contributed by atoms with van der Waals surface area (Å²) in [6.07, 6.45) is 1.55. The molecular weight excluding hydrogens is 589 g/mol. The molecule has 6 rings (SSSR count). The third-order valence-electron chi connectivity index (χ3n) is 8.86. The van der Waals surface area contributed by atoms with Crippen molar-refractivity contribution < 1.29 is 23.4 Å². The highest BCUT2D eigenvalue weighted by Gasteiger charge is 2.44. The maximum Gasteiger partial charge on any atom is 0.410 e. The van der Waals surface area contributed by atoms with E-state index >= 15 is 4.39 Å². The highest BCUT2D eigenvalue weighted by atomic mass is 19.1. The van der Waals surface area contributed by atoms with E-state index in [4.69, 9.17) is 19.9 Å². The minimum Gasteiger partial charge on any atom is -0.467 e. The molecule has 0 aliphatic carbocycles. The molecule has 2 N–H and O–H groups in total. The molecule has 46 heavy (non-hydrogen) atoms. The number of para-hydroxylation sites is 1. The van der Waals surface area contributed by atoms with E-state index in [9.17, 15) is 4.79 Å². The van der Waals surface area contributed by atoms with E-state index in [0.717, 1.165) is 55.8 Å². The zero-order chi connectivity index (χ0) is 32.4. The lowest BCUT2D eigenvalue weighted by molar-refractivity contribution is 0.0123. The second-order valence-electron chi connectivity index (χ2n) is 13.3. The van der Waals surface area contributed by atoms with Gasteiger partial charge in [0.05, 0.1) is 29.2 Å². The fourth-order valence-electron chi connectivity index (χ4n) is 6.73. The highest BCUT2D eigenvalue weighted by Crippen LogP contribution is 2.36. The first-order valence-corrected chi connectivity index (χ1v) is 16.0. The zero-order valence-corrected chi connectivity index (χ0v) is 27.1. The first-order chi connectivity index (χ1) is 22.1. The van der Waals surface area contributed by atoms with Crippen LogP contribution in [-0.2, 0) is 16.0 Å². The third kappa shape index (κ3) is 6.97. The van der Waals surface area contributed by atoms with Gasteiger partial charge in [0.2, 0.25) is 0 Å². The fourth-order valence-corrected chi connectivity index (χ4v) is 6.73. The van der Waals surface area contributed by atoms with Crippen molar-refractivity contribution in [2.45, 2.75) is 57.8 Å². The van der Waals surface area contributed by atoms with Crippen molar-refractivity contribution in [2.75, 3.05) is 68.7 Å². The highest BCUT2D eigenvalue weighted by molar-refractivity contribution is 5.74. The largest absolute Gasteiger partial charge is 0.467 e. The summed E-state index contributed by atoms with van der Waals surface area (Å²) in [5.41, 5.74) is 9.60. The van der Waals surface area contributed by atoms with E-state index in [1.807, 2.05) is 68.1 Å². The van der Waals surface area contributed by atoms with E-state index < -0.39 is 5.60 Å². The lowest BCUT2D eigenvalue weighted by Gasteiger charge is -2.42. The summed E-state index contributed by atoms with van der Waals surface area (Å²) >= 11 is 0. The Labute approximate surface area is 270 Å². The van der Waals surface area contributed by atoms with E-state index in [0.29, 0.717) is 42.6 Å². The van der Waals surface area contributed by atoms with Crippen molar-refractivity contribution in [1.29, 1.82) is 0 Å². The molecule has 3 saturated heterocycles. The number of carbonyl (C=O) groups is 1. The minimum absolute atomic E-state index is 0.0309. The number of halogens is 1. The van der Waals surface area contributed by atoms with Crippen LogP contribution in [0.5, 0.6) is 5.75 Å². The second-order valence-corrected chi connectivity index (χ2v) is 13.3. The number of amides is 1. The summed E-state index contributed by atoms with van der Waals surface area (Å²) in [5, 5.41) is 8.58. The number of aromatic nitrogens is 2. The van der Waals surface area contributed by atoms with Crippen molar-refractivity contribution in [3.05, 3.63) is 59.9 Å². The molecule has 3 aliphatic heterocycles. The molecule has 12 heteroatoms. The summed E-state index contributed by atoms with van der Waals surface area (Å²) in [5.74, 6) is 0.817. The standard InChI is InChI=1S/C34H44FN7O4/c1-34(2,3)46-33(43)42-24-10-11-25(42)21-41(20-24)29-12-9-23(17-27(29)35)19-39-13-15-40(16-14-39)30-18-28(37-38-32(30)36)26-7-5-6-8-31(26)45-22-44-4/h5-9,12,17-18,24-25H,10-11,13-16,19-22H2,1-4H3,(H2,36,38). The lowest BCUT2D eigenvalue weighted by atomic mass is 10.1. The molecule has 11 nitrogen and oxygen atoms in total. The van der Waals surface area contributed by atoms with Crippen molar-refractivity contribution in [3.63, 3.8) is 0 Å². The van der Waals surface area contributed by atoms with Gasteiger partial charge < -0.3 is 29.7 Å². The molecule has 1 aromatic heterocycles. The molecule has 0 radical (unpaired) electrons. The van der Waals surface area contributed by atoms with Gasteiger partial charge in [-0.3, -0.25) is 9.80 Å². The van der Waals surface area contributed by atoms with Gasteiger partial charge in [-0.05, 0) is 69.5 Å².